The Bertz CT molecular complexity index is 180. The average Bonchev–Trinajstić information content (AvgIpc) is 2.95. The highest BCUT2D eigenvalue weighted by atomic mass is 16.2. The van der Waals surface area contributed by atoms with Crippen LogP contribution in [-0.4, -0.2) is 29.4 Å². The lowest BCUT2D eigenvalue weighted by atomic mass is 10.2. The zero-order chi connectivity index (χ0) is 9.84. The minimum absolute atomic E-state index is 0.0830. The maximum absolute atomic E-state index is 11.3. The second-order valence-corrected chi connectivity index (χ2v) is 3.65. The van der Waals surface area contributed by atoms with Gasteiger partial charge in [-0.3, -0.25) is 15.1 Å². The average molecular weight is 185 g/mol. The van der Waals surface area contributed by atoms with Crippen molar-refractivity contribution in [3.05, 3.63) is 0 Å². The van der Waals surface area contributed by atoms with E-state index in [1.807, 2.05) is 6.92 Å². The Hall–Kier alpha value is -0.610. The van der Waals surface area contributed by atoms with E-state index in [1.54, 1.807) is 0 Å². The molecule has 0 radical (unpaired) electrons. The first-order valence-electron chi connectivity index (χ1n) is 4.97. The molecule has 1 rings (SSSR count). The van der Waals surface area contributed by atoms with Crippen molar-refractivity contribution in [2.45, 2.75) is 45.2 Å². The first kappa shape index (κ1) is 10.5. The number of hydrogen-bond donors (Lipinski definition) is 2. The smallest absolute Gasteiger partial charge is 0.250 e. The zero-order valence-electron chi connectivity index (χ0n) is 8.42. The Morgan fingerprint density at radius 3 is 2.69 bits per heavy atom. The quantitative estimate of drug-likeness (QED) is 0.366. The summed E-state index contributed by atoms with van der Waals surface area (Å²) in [5.41, 5.74) is 2.21. The maximum Gasteiger partial charge on any atom is 0.250 e. The molecule has 0 spiro atoms. The van der Waals surface area contributed by atoms with Crippen LogP contribution < -0.4 is 11.3 Å². The Morgan fingerprint density at radius 2 is 2.31 bits per heavy atom. The zero-order valence-corrected chi connectivity index (χ0v) is 8.42. The van der Waals surface area contributed by atoms with Crippen molar-refractivity contribution in [1.82, 2.24) is 10.3 Å². The summed E-state index contributed by atoms with van der Waals surface area (Å²) in [4.78, 5) is 13.5. The van der Waals surface area contributed by atoms with Crippen LogP contribution in [-0.2, 0) is 4.79 Å². The largest absolute Gasteiger partial charge is 0.293 e. The van der Waals surface area contributed by atoms with Gasteiger partial charge in [-0.05, 0) is 32.7 Å². The minimum atomic E-state index is -0.0857. The SMILES string of the molecule is CCCN(C1CC1)C(C)C(=O)NN. The van der Waals surface area contributed by atoms with Crippen LogP contribution >= 0.6 is 0 Å². The molecule has 0 heterocycles. The van der Waals surface area contributed by atoms with E-state index in [4.69, 9.17) is 5.84 Å². The maximum atomic E-state index is 11.3. The topological polar surface area (TPSA) is 58.4 Å². The van der Waals surface area contributed by atoms with Gasteiger partial charge in [-0.25, -0.2) is 5.84 Å². The van der Waals surface area contributed by atoms with Gasteiger partial charge in [0.05, 0.1) is 6.04 Å². The molecule has 76 valence electrons. The predicted molar refractivity (Wildman–Crippen MR) is 51.8 cm³/mol. The fourth-order valence-electron chi connectivity index (χ4n) is 1.63. The lowest BCUT2D eigenvalue weighted by Gasteiger charge is -2.26. The van der Waals surface area contributed by atoms with Crippen LogP contribution in [0.25, 0.3) is 0 Å². The van der Waals surface area contributed by atoms with Crippen molar-refractivity contribution in [2.24, 2.45) is 5.84 Å². The van der Waals surface area contributed by atoms with E-state index in [-0.39, 0.29) is 11.9 Å². The lowest BCUT2D eigenvalue weighted by molar-refractivity contribution is -0.126. The van der Waals surface area contributed by atoms with Crippen LogP contribution in [0.2, 0.25) is 0 Å². The standard InChI is InChI=1S/C9H19N3O/c1-3-6-12(8-4-5-8)7(2)9(13)11-10/h7-8H,3-6,10H2,1-2H3,(H,11,13). The molecular weight excluding hydrogens is 166 g/mol. The highest BCUT2D eigenvalue weighted by molar-refractivity contribution is 5.80. The number of nitrogens with zero attached hydrogens (tertiary/aromatic N) is 1. The Kier molecular flexibility index (Phi) is 3.69. The summed E-state index contributed by atoms with van der Waals surface area (Å²) in [6, 6.07) is 0.532. The summed E-state index contributed by atoms with van der Waals surface area (Å²) in [6.45, 7) is 5.03. The number of nitrogens with one attached hydrogen (secondary N) is 1. The molecule has 1 aliphatic rings. The van der Waals surface area contributed by atoms with Gasteiger partial charge < -0.3 is 0 Å². The number of hydrogen-bond acceptors (Lipinski definition) is 3. The monoisotopic (exact) mass is 185 g/mol. The van der Waals surface area contributed by atoms with Gasteiger partial charge >= 0.3 is 0 Å². The van der Waals surface area contributed by atoms with Gasteiger partial charge in [0.1, 0.15) is 0 Å². The minimum Gasteiger partial charge on any atom is -0.293 e. The second kappa shape index (κ2) is 4.58. The molecular formula is C9H19N3O. The summed E-state index contributed by atoms with van der Waals surface area (Å²) in [7, 11) is 0. The molecule has 0 aromatic heterocycles. The van der Waals surface area contributed by atoms with Crippen LogP contribution in [0, 0.1) is 0 Å². The summed E-state index contributed by atoms with van der Waals surface area (Å²) in [5, 5.41) is 0. The molecule has 0 aromatic rings. The van der Waals surface area contributed by atoms with Crippen LogP contribution in [0.4, 0.5) is 0 Å². The van der Waals surface area contributed by atoms with Crippen LogP contribution in [0.15, 0.2) is 0 Å². The molecule has 1 amide bonds. The summed E-state index contributed by atoms with van der Waals surface area (Å²) in [5.74, 6) is 5.02. The normalized spacial score (nSPS) is 18.8. The van der Waals surface area contributed by atoms with E-state index >= 15 is 0 Å². The van der Waals surface area contributed by atoms with Gasteiger partial charge in [0.15, 0.2) is 0 Å². The van der Waals surface area contributed by atoms with Gasteiger partial charge in [-0.1, -0.05) is 6.92 Å². The van der Waals surface area contributed by atoms with Gasteiger partial charge in [-0.2, -0.15) is 0 Å². The molecule has 0 saturated heterocycles. The Labute approximate surface area is 79.4 Å². The predicted octanol–water partition coefficient (Wildman–Crippen LogP) is 0.239. The Balaban J connectivity index is 2.47. The van der Waals surface area contributed by atoms with Crippen LogP contribution in [0.3, 0.4) is 0 Å². The van der Waals surface area contributed by atoms with E-state index in [2.05, 4.69) is 17.2 Å². The first-order valence-corrected chi connectivity index (χ1v) is 4.97. The molecule has 1 atom stereocenters. The fourth-order valence-corrected chi connectivity index (χ4v) is 1.63. The molecule has 3 N–H and O–H groups in total. The molecule has 4 nitrogen and oxygen atoms in total. The van der Waals surface area contributed by atoms with E-state index < -0.39 is 0 Å². The van der Waals surface area contributed by atoms with Crippen molar-refractivity contribution in [2.75, 3.05) is 6.54 Å². The summed E-state index contributed by atoms with van der Waals surface area (Å²) >= 11 is 0. The third-order valence-corrected chi connectivity index (χ3v) is 2.52. The molecule has 13 heavy (non-hydrogen) atoms. The first-order chi connectivity index (χ1) is 6.20. The highest BCUT2D eigenvalue weighted by Gasteiger charge is 2.33. The van der Waals surface area contributed by atoms with E-state index in [0.29, 0.717) is 6.04 Å². The number of amides is 1. The number of hydrazine groups is 1. The lowest BCUT2D eigenvalue weighted by Crippen LogP contribution is -2.48. The number of rotatable bonds is 5. The van der Waals surface area contributed by atoms with Crippen molar-refractivity contribution >= 4 is 5.91 Å². The Morgan fingerprint density at radius 1 is 1.69 bits per heavy atom. The second-order valence-electron chi connectivity index (χ2n) is 3.65. The van der Waals surface area contributed by atoms with Crippen molar-refractivity contribution in [3.63, 3.8) is 0 Å². The van der Waals surface area contributed by atoms with E-state index in [0.717, 1.165) is 13.0 Å². The van der Waals surface area contributed by atoms with E-state index in [1.165, 1.54) is 12.8 Å². The van der Waals surface area contributed by atoms with Gasteiger partial charge in [0.25, 0.3) is 5.91 Å². The number of carbonyl (C=O) groups excluding carboxylic acids is 1. The molecule has 1 saturated carbocycles. The summed E-state index contributed by atoms with van der Waals surface area (Å²) in [6.07, 6.45) is 3.53. The van der Waals surface area contributed by atoms with Gasteiger partial charge in [0, 0.05) is 6.04 Å². The third-order valence-electron chi connectivity index (χ3n) is 2.52. The van der Waals surface area contributed by atoms with E-state index in [9.17, 15) is 4.79 Å². The summed E-state index contributed by atoms with van der Waals surface area (Å²) < 4.78 is 0. The molecule has 4 heteroatoms. The molecule has 1 unspecified atom stereocenters. The van der Waals surface area contributed by atoms with Crippen molar-refractivity contribution in [3.8, 4) is 0 Å². The third kappa shape index (κ3) is 2.67. The molecule has 1 aliphatic carbocycles. The fraction of sp³-hybridized carbons (Fsp3) is 0.889. The van der Waals surface area contributed by atoms with Crippen LogP contribution in [0.1, 0.15) is 33.1 Å². The molecule has 1 fully saturated rings. The number of nitrogens with two attached hydrogens (primary N) is 1. The molecule has 0 aromatic carbocycles. The van der Waals surface area contributed by atoms with Gasteiger partial charge in [-0.15, -0.1) is 0 Å². The number of carbonyl (C=O) groups is 1. The van der Waals surface area contributed by atoms with Crippen LogP contribution in [0.5, 0.6) is 0 Å². The molecule has 0 aliphatic heterocycles. The van der Waals surface area contributed by atoms with Crippen molar-refractivity contribution in [1.29, 1.82) is 0 Å². The highest BCUT2D eigenvalue weighted by Crippen LogP contribution is 2.28. The van der Waals surface area contributed by atoms with Crippen molar-refractivity contribution < 1.29 is 4.79 Å². The molecule has 0 bridgehead atoms. The van der Waals surface area contributed by atoms with Gasteiger partial charge in [0.2, 0.25) is 0 Å².